The normalized spacial score (nSPS) is 14.0. The second kappa shape index (κ2) is 24.8. The second-order valence-corrected chi connectivity index (χ2v) is 11.6. The molecule has 0 saturated carbocycles. The first-order valence-electron chi connectivity index (χ1n) is 16.4. The summed E-state index contributed by atoms with van der Waals surface area (Å²) >= 11 is 10.8. The number of aryl methyl sites for hydroxylation is 2. The van der Waals surface area contributed by atoms with E-state index in [4.69, 9.17) is 51.6 Å². The number of fused-ring (bicyclic) bond motifs is 2. The Labute approximate surface area is 274 Å². The Morgan fingerprint density at radius 1 is 0.455 bits per heavy atom. The summed E-state index contributed by atoms with van der Waals surface area (Å²) < 4.78 is 37.3. The van der Waals surface area contributed by atoms with Crippen LogP contribution in [-0.2, 0) is 67.2 Å². The zero-order valence-electron chi connectivity index (χ0n) is 26.5. The van der Waals surface area contributed by atoms with Crippen LogP contribution in [0.4, 0.5) is 0 Å². The van der Waals surface area contributed by atoms with Gasteiger partial charge >= 0.3 is 0 Å². The number of ether oxygens (including phenoxy) is 6. The molecule has 0 aliphatic heterocycles. The first kappa shape index (κ1) is 37.1. The summed E-state index contributed by atoms with van der Waals surface area (Å²) in [6.45, 7) is 9.35. The van der Waals surface area contributed by atoms with Crippen LogP contribution in [0.25, 0.3) is 0 Å². The highest BCUT2D eigenvalue weighted by molar-refractivity contribution is 6.18. The molecule has 2 aromatic heterocycles. The molecule has 2 aromatic rings. The van der Waals surface area contributed by atoms with Gasteiger partial charge in [-0.2, -0.15) is 9.13 Å². The molecular weight excluding hydrogens is 603 g/mol. The maximum Gasteiger partial charge on any atom is 0.184 e. The van der Waals surface area contributed by atoms with Gasteiger partial charge in [0, 0.05) is 47.9 Å². The predicted molar refractivity (Wildman–Crippen MR) is 173 cm³/mol. The highest BCUT2D eigenvalue weighted by Gasteiger charge is 2.20. The summed E-state index contributed by atoms with van der Waals surface area (Å²) in [6, 6.07) is 8.87. The summed E-state index contributed by atoms with van der Waals surface area (Å²) in [5, 5.41) is 0. The number of hydrogen-bond acceptors (Lipinski definition) is 6. The molecule has 0 N–H and O–H groups in total. The summed E-state index contributed by atoms with van der Waals surface area (Å²) in [5.41, 5.74) is 6.03. The minimum absolute atomic E-state index is 0.527. The number of alkyl halides is 2. The first-order valence-corrected chi connectivity index (χ1v) is 17.5. The molecule has 4 rings (SSSR count). The minimum Gasteiger partial charge on any atom is -0.378 e. The van der Waals surface area contributed by atoms with Crippen molar-refractivity contribution in [1.82, 2.24) is 0 Å². The van der Waals surface area contributed by atoms with Crippen molar-refractivity contribution in [2.24, 2.45) is 0 Å². The minimum atomic E-state index is 0.527. The van der Waals surface area contributed by atoms with Crippen LogP contribution in [-0.4, -0.2) is 91.0 Å². The van der Waals surface area contributed by atoms with Crippen LogP contribution in [0.1, 0.15) is 48.2 Å². The van der Waals surface area contributed by atoms with E-state index in [2.05, 4.69) is 45.8 Å². The Morgan fingerprint density at radius 2 is 0.795 bits per heavy atom. The third-order valence-corrected chi connectivity index (χ3v) is 7.97. The van der Waals surface area contributed by atoms with Gasteiger partial charge in [0.2, 0.25) is 0 Å². The van der Waals surface area contributed by atoms with E-state index in [1.807, 2.05) is 0 Å². The van der Waals surface area contributed by atoms with Crippen molar-refractivity contribution in [2.45, 2.75) is 64.5 Å². The van der Waals surface area contributed by atoms with Gasteiger partial charge in [-0.05, 0) is 50.7 Å². The van der Waals surface area contributed by atoms with Crippen molar-refractivity contribution >= 4 is 23.2 Å². The van der Waals surface area contributed by atoms with Gasteiger partial charge in [-0.15, -0.1) is 23.2 Å². The van der Waals surface area contributed by atoms with Gasteiger partial charge in [-0.1, -0.05) is 0 Å². The van der Waals surface area contributed by atoms with E-state index >= 15 is 0 Å². The lowest BCUT2D eigenvalue weighted by Crippen LogP contribution is -2.42. The van der Waals surface area contributed by atoms with Gasteiger partial charge in [-0.25, -0.2) is 0 Å². The molecule has 248 valence electrons. The van der Waals surface area contributed by atoms with E-state index in [0.717, 1.165) is 26.3 Å². The number of hydrogen-bond donors (Lipinski definition) is 0. The number of rotatable bonds is 22. The molecule has 2 aliphatic carbocycles. The molecule has 0 saturated heterocycles. The Bertz CT molecular complexity index is 938. The van der Waals surface area contributed by atoms with Gasteiger partial charge in [0.05, 0.1) is 66.1 Å². The van der Waals surface area contributed by atoms with Crippen molar-refractivity contribution in [1.29, 1.82) is 0 Å². The first-order chi connectivity index (χ1) is 21.8. The van der Waals surface area contributed by atoms with Gasteiger partial charge in [0.1, 0.15) is 13.2 Å². The van der Waals surface area contributed by atoms with E-state index in [1.165, 1.54) is 73.9 Å². The lowest BCUT2D eigenvalue weighted by molar-refractivity contribution is -0.706. The smallest absolute Gasteiger partial charge is 0.184 e. The molecule has 0 radical (unpaired) electrons. The summed E-state index contributed by atoms with van der Waals surface area (Å²) in [7, 11) is 0. The molecule has 0 bridgehead atoms. The molecule has 0 spiro atoms. The van der Waals surface area contributed by atoms with E-state index in [1.54, 1.807) is 0 Å². The molecule has 0 aromatic carbocycles. The van der Waals surface area contributed by atoms with Crippen molar-refractivity contribution < 1.29 is 37.6 Å². The van der Waals surface area contributed by atoms with Gasteiger partial charge in [0.25, 0.3) is 0 Å². The second-order valence-electron chi connectivity index (χ2n) is 10.8. The van der Waals surface area contributed by atoms with Crippen LogP contribution in [0.15, 0.2) is 36.7 Å². The van der Waals surface area contributed by atoms with Crippen molar-refractivity contribution in [3.63, 3.8) is 0 Å². The predicted octanol–water partition coefficient (Wildman–Crippen LogP) is 4.28. The van der Waals surface area contributed by atoms with Crippen LogP contribution < -0.4 is 9.13 Å². The average Bonchev–Trinajstić information content (AvgIpc) is 3.07. The Hall–Kier alpha value is -1.36. The SMILES string of the molecule is ClCCOCCOCCOCCCl.c1cc2c([n+](CCOCCOCCOCC[n+]3cccc4c3CCCC4)c1)CCCC2. The van der Waals surface area contributed by atoms with Crippen molar-refractivity contribution in [3.05, 3.63) is 59.2 Å². The molecule has 2 heterocycles. The lowest BCUT2D eigenvalue weighted by Gasteiger charge is -2.14. The van der Waals surface area contributed by atoms with Crippen molar-refractivity contribution in [3.8, 4) is 0 Å². The quantitative estimate of drug-likeness (QED) is 0.107. The number of halogens is 2. The molecule has 0 fully saturated rings. The van der Waals surface area contributed by atoms with Crippen LogP contribution >= 0.6 is 23.2 Å². The largest absolute Gasteiger partial charge is 0.378 e. The Morgan fingerprint density at radius 3 is 1.18 bits per heavy atom. The zero-order chi connectivity index (χ0) is 30.9. The van der Waals surface area contributed by atoms with Crippen LogP contribution in [0, 0.1) is 0 Å². The number of nitrogens with zero attached hydrogens (tertiary/aromatic N) is 2. The Kier molecular flexibility index (Phi) is 20.9. The van der Waals surface area contributed by atoms with Crippen LogP contribution in [0.5, 0.6) is 0 Å². The third-order valence-electron chi connectivity index (χ3n) is 7.67. The topological polar surface area (TPSA) is 63.1 Å². The fourth-order valence-corrected chi connectivity index (χ4v) is 5.70. The molecule has 44 heavy (non-hydrogen) atoms. The van der Waals surface area contributed by atoms with Crippen molar-refractivity contribution in [2.75, 3.05) is 91.0 Å². The third kappa shape index (κ3) is 15.3. The fourth-order valence-electron chi connectivity index (χ4n) is 5.48. The average molecular weight is 658 g/mol. The summed E-state index contributed by atoms with van der Waals surface area (Å²) in [4.78, 5) is 0. The van der Waals surface area contributed by atoms with Crippen LogP contribution in [0.3, 0.4) is 0 Å². The van der Waals surface area contributed by atoms with Gasteiger partial charge in [0.15, 0.2) is 36.9 Å². The standard InChI is InChI=1S/C26H38N2O3.C8H16Cl2O3/c1-3-11-25-23(7-1)9-5-13-27(25)15-17-29-19-21-31-22-20-30-18-16-28-14-6-10-24-8-2-4-12-26(24)28;9-1-3-11-5-7-13-8-6-12-4-2-10/h5-6,9-10,13-14H,1-4,7-8,11-12,15-22H2;1-8H2/q+2;. The molecule has 10 heteroatoms. The molecule has 0 atom stereocenters. The zero-order valence-corrected chi connectivity index (χ0v) is 28.0. The van der Waals surface area contributed by atoms with E-state index in [-0.39, 0.29) is 0 Å². The molecule has 0 amide bonds. The molecule has 8 nitrogen and oxygen atoms in total. The summed E-state index contributed by atoms with van der Waals surface area (Å²) in [5.74, 6) is 1.05. The Balaban J connectivity index is 0.000000345. The lowest BCUT2D eigenvalue weighted by atomic mass is 9.96. The number of pyridine rings is 2. The maximum absolute atomic E-state index is 5.78. The van der Waals surface area contributed by atoms with Gasteiger partial charge < -0.3 is 28.4 Å². The maximum atomic E-state index is 5.78. The van der Waals surface area contributed by atoms with Gasteiger partial charge in [-0.3, -0.25) is 0 Å². The van der Waals surface area contributed by atoms with Crippen LogP contribution in [0.2, 0.25) is 0 Å². The fraction of sp³-hybridized carbons (Fsp3) is 0.706. The highest BCUT2D eigenvalue weighted by atomic mass is 35.5. The van der Waals surface area contributed by atoms with E-state index in [0.29, 0.717) is 77.8 Å². The number of aromatic nitrogens is 2. The molecular formula is C34H54Cl2N2O6+2. The monoisotopic (exact) mass is 656 g/mol. The molecule has 2 aliphatic rings. The highest BCUT2D eigenvalue weighted by Crippen LogP contribution is 2.18. The molecule has 0 unspecified atom stereocenters. The van der Waals surface area contributed by atoms with E-state index < -0.39 is 0 Å². The summed E-state index contributed by atoms with van der Waals surface area (Å²) in [6.07, 6.45) is 14.5. The van der Waals surface area contributed by atoms with E-state index in [9.17, 15) is 0 Å².